The number of rotatable bonds is 3. The van der Waals surface area contributed by atoms with Crippen LogP contribution in [0.15, 0.2) is 29.3 Å². The standard InChI is InChI=1S/C18H25N3O.HI/c1-19-18(21-16-10-15-6-7-17(16)22-15)20-11-12-8-13-4-2-3-5-14(13)9-12;/h2-5,12,15-17H,6-11H2,1H3,(H2,19,20,21);1H. The molecule has 2 aliphatic heterocycles. The molecule has 4 nitrogen and oxygen atoms in total. The van der Waals surface area contributed by atoms with Gasteiger partial charge in [-0.05, 0) is 49.1 Å². The number of hydrogen-bond donors (Lipinski definition) is 2. The summed E-state index contributed by atoms with van der Waals surface area (Å²) < 4.78 is 5.91. The summed E-state index contributed by atoms with van der Waals surface area (Å²) in [6.07, 6.45) is 6.77. The van der Waals surface area contributed by atoms with E-state index in [1.807, 2.05) is 7.05 Å². The summed E-state index contributed by atoms with van der Waals surface area (Å²) in [4.78, 5) is 4.38. The fraction of sp³-hybridized carbons (Fsp3) is 0.611. The first-order valence-electron chi connectivity index (χ1n) is 8.51. The van der Waals surface area contributed by atoms with Crippen molar-refractivity contribution in [2.24, 2.45) is 10.9 Å². The summed E-state index contributed by atoms with van der Waals surface area (Å²) >= 11 is 0. The van der Waals surface area contributed by atoms with E-state index in [0.29, 0.717) is 24.2 Å². The van der Waals surface area contributed by atoms with Gasteiger partial charge < -0.3 is 15.4 Å². The van der Waals surface area contributed by atoms with E-state index in [4.69, 9.17) is 4.74 Å². The Morgan fingerprint density at radius 3 is 2.52 bits per heavy atom. The van der Waals surface area contributed by atoms with E-state index < -0.39 is 0 Å². The second-order valence-corrected chi connectivity index (χ2v) is 6.86. The van der Waals surface area contributed by atoms with Crippen molar-refractivity contribution >= 4 is 29.9 Å². The Kier molecular flexibility index (Phi) is 5.46. The van der Waals surface area contributed by atoms with Crippen LogP contribution in [-0.4, -0.2) is 37.8 Å². The van der Waals surface area contributed by atoms with Crippen LogP contribution in [0.3, 0.4) is 0 Å². The number of guanidine groups is 1. The molecule has 126 valence electrons. The Labute approximate surface area is 155 Å². The third-order valence-electron chi connectivity index (χ3n) is 5.35. The normalized spacial score (nSPS) is 29.3. The summed E-state index contributed by atoms with van der Waals surface area (Å²) in [5.74, 6) is 1.60. The van der Waals surface area contributed by atoms with Crippen LogP contribution in [0.4, 0.5) is 0 Å². The second-order valence-electron chi connectivity index (χ2n) is 6.86. The van der Waals surface area contributed by atoms with Crippen LogP contribution in [0.2, 0.25) is 0 Å². The molecule has 1 aromatic rings. The van der Waals surface area contributed by atoms with Crippen LogP contribution in [-0.2, 0) is 17.6 Å². The zero-order valence-electron chi connectivity index (χ0n) is 13.6. The number of fused-ring (bicyclic) bond motifs is 3. The molecule has 0 radical (unpaired) electrons. The van der Waals surface area contributed by atoms with Crippen molar-refractivity contribution in [3.05, 3.63) is 35.4 Å². The van der Waals surface area contributed by atoms with E-state index in [1.54, 1.807) is 0 Å². The summed E-state index contributed by atoms with van der Waals surface area (Å²) in [6, 6.07) is 9.24. The van der Waals surface area contributed by atoms with Crippen molar-refractivity contribution in [2.75, 3.05) is 13.6 Å². The lowest BCUT2D eigenvalue weighted by Gasteiger charge is -2.23. The van der Waals surface area contributed by atoms with Gasteiger partial charge in [0.15, 0.2) is 5.96 Å². The van der Waals surface area contributed by atoms with E-state index in [2.05, 4.69) is 39.9 Å². The van der Waals surface area contributed by atoms with Crippen LogP contribution in [0.25, 0.3) is 0 Å². The van der Waals surface area contributed by atoms with E-state index in [1.165, 1.54) is 36.8 Å². The molecular weight excluding hydrogens is 401 g/mol. The highest BCUT2D eigenvalue weighted by molar-refractivity contribution is 14.0. The molecule has 0 aromatic heterocycles. The highest BCUT2D eigenvalue weighted by Crippen LogP contribution is 2.34. The number of ether oxygens (including phenoxy) is 1. The number of halogens is 1. The van der Waals surface area contributed by atoms with Crippen molar-refractivity contribution < 1.29 is 4.74 Å². The minimum atomic E-state index is 0. The maximum Gasteiger partial charge on any atom is 0.191 e. The molecule has 2 saturated heterocycles. The zero-order valence-corrected chi connectivity index (χ0v) is 16.0. The molecule has 3 aliphatic rings. The Morgan fingerprint density at radius 2 is 1.96 bits per heavy atom. The van der Waals surface area contributed by atoms with Crippen LogP contribution < -0.4 is 10.6 Å². The van der Waals surface area contributed by atoms with Gasteiger partial charge in [0.2, 0.25) is 0 Å². The van der Waals surface area contributed by atoms with E-state index in [9.17, 15) is 0 Å². The maximum atomic E-state index is 5.91. The molecular formula is C18H26IN3O. The summed E-state index contributed by atoms with van der Waals surface area (Å²) in [7, 11) is 1.85. The smallest absolute Gasteiger partial charge is 0.191 e. The third kappa shape index (κ3) is 3.65. The Hall–Kier alpha value is -0.820. The van der Waals surface area contributed by atoms with Gasteiger partial charge >= 0.3 is 0 Å². The molecule has 23 heavy (non-hydrogen) atoms. The molecule has 1 aromatic carbocycles. The van der Waals surface area contributed by atoms with Gasteiger partial charge in [-0.1, -0.05) is 24.3 Å². The van der Waals surface area contributed by atoms with Gasteiger partial charge in [0.25, 0.3) is 0 Å². The van der Waals surface area contributed by atoms with Gasteiger partial charge in [-0.2, -0.15) is 0 Å². The van der Waals surface area contributed by atoms with Gasteiger partial charge in [0.1, 0.15) is 0 Å². The molecule has 2 fully saturated rings. The first-order chi connectivity index (χ1) is 10.8. The second kappa shape index (κ2) is 7.38. The SMILES string of the molecule is CN=C(NCC1Cc2ccccc2C1)NC1CC2CCC1O2.I. The average Bonchev–Trinajstić information content (AvgIpc) is 3.25. The molecule has 2 heterocycles. The number of nitrogens with one attached hydrogen (secondary N) is 2. The minimum Gasteiger partial charge on any atom is -0.373 e. The zero-order chi connectivity index (χ0) is 14.9. The fourth-order valence-electron chi connectivity index (χ4n) is 4.20. The van der Waals surface area contributed by atoms with Crippen molar-refractivity contribution in [2.45, 2.75) is 50.4 Å². The van der Waals surface area contributed by atoms with Gasteiger partial charge in [-0.15, -0.1) is 24.0 Å². The molecule has 3 unspecified atom stereocenters. The maximum absolute atomic E-state index is 5.91. The van der Waals surface area contributed by atoms with E-state index >= 15 is 0 Å². The minimum absolute atomic E-state index is 0. The lowest BCUT2D eigenvalue weighted by Crippen LogP contribution is -2.48. The highest BCUT2D eigenvalue weighted by Gasteiger charge is 2.41. The molecule has 0 saturated carbocycles. The molecule has 0 spiro atoms. The van der Waals surface area contributed by atoms with Crippen molar-refractivity contribution in [3.8, 4) is 0 Å². The van der Waals surface area contributed by atoms with E-state index in [-0.39, 0.29) is 24.0 Å². The van der Waals surface area contributed by atoms with Gasteiger partial charge in [-0.25, -0.2) is 0 Å². The predicted molar refractivity (Wildman–Crippen MR) is 104 cm³/mol. The van der Waals surface area contributed by atoms with Crippen molar-refractivity contribution in [3.63, 3.8) is 0 Å². The summed E-state index contributed by atoms with van der Waals surface area (Å²) in [6.45, 7) is 0.982. The van der Waals surface area contributed by atoms with Crippen molar-refractivity contribution in [1.29, 1.82) is 0 Å². The first kappa shape index (κ1) is 17.0. The third-order valence-corrected chi connectivity index (χ3v) is 5.35. The number of benzene rings is 1. The molecule has 1 aliphatic carbocycles. The molecule has 2 bridgehead atoms. The Bertz CT molecular complexity index is 552. The van der Waals surface area contributed by atoms with Crippen LogP contribution >= 0.6 is 24.0 Å². The van der Waals surface area contributed by atoms with Gasteiger partial charge in [-0.3, -0.25) is 4.99 Å². The van der Waals surface area contributed by atoms with Crippen LogP contribution in [0.1, 0.15) is 30.4 Å². The molecule has 2 N–H and O–H groups in total. The average molecular weight is 427 g/mol. The lowest BCUT2D eigenvalue weighted by molar-refractivity contribution is 0.0992. The quantitative estimate of drug-likeness (QED) is 0.443. The van der Waals surface area contributed by atoms with E-state index in [0.717, 1.165) is 18.9 Å². The first-order valence-corrected chi connectivity index (χ1v) is 8.51. The summed E-state index contributed by atoms with van der Waals surface area (Å²) in [5.41, 5.74) is 3.03. The topological polar surface area (TPSA) is 45.7 Å². The predicted octanol–water partition coefficient (Wildman–Crippen LogP) is 2.50. The van der Waals surface area contributed by atoms with Gasteiger partial charge in [0, 0.05) is 13.6 Å². The Balaban J connectivity index is 0.00000156. The molecule has 4 rings (SSSR count). The van der Waals surface area contributed by atoms with Crippen LogP contribution in [0.5, 0.6) is 0 Å². The fourth-order valence-corrected chi connectivity index (χ4v) is 4.20. The van der Waals surface area contributed by atoms with Crippen LogP contribution in [0, 0.1) is 5.92 Å². The molecule has 3 atom stereocenters. The number of aliphatic imine (C=N–C) groups is 1. The monoisotopic (exact) mass is 427 g/mol. The molecule has 0 amide bonds. The number of nitrogens with zero attached hydrogens (tertiary/aromatic N) is 1. The Morgan fingerprint density at radius 1 is 1.22 bits per heavy atom. The largest absolute Gasteiger partial charge is 0.373 e. The lowest BCUT2D eigenvalue weighted by atomic mass is 9.96. The summed E-state index contributed by atoms with van der Waals surface area (Å²) in [5, 5.41) is 7.07. The highest BCUT2D eigenvalue weighted by atomic mass is 127. The number of hydrogen-bond acceptors (Lipinski definition) is 2. The van der Waals surface area contributed by atoms with Gasteiger partial charge in [0.05, 0.1) is 18.2 Å². The molecule has 5 heteroatoms. The van der Waals surface area contributed by atoms with Crippen molar-refractivity contribution in [1.82, 2.24) is 10.6 Å².